The van der Waals surface area contributed by atoms with Gasteiger partial charge in [0.15, 0.2) is 6.29 Å². The molecule has 38 heavy (non-hydrogen) atoms. The molecule has 7 nitrogen and oxygen atoms in total. The van der Waals surface area contributed by atoms with Crippen molar-refractivity contribution in [3.05, 3.63) is 0 Å². The van der Waals surface area contributed by atoms with Crippen molar-refractivity contribution in [2.45, 2.75) is 129 Å². The fraction of sp³-hybridized carbons (Fsp3) is 1.00. The first-order valence-corrected chi connectivity index (χ1v) is 15.5. The van der Waals surface area contributed by atoms with E-state index in [0.29, 0.717) is 34.5 Å². The van der Waals surface area contributed by atoms with Gasteiger partial charge in [-0.05, 0) is 96.7 Å². The average Bonchev–Trinajstić information content (AvgIpc) is 3.50. The molecule has 216 valence electrons. The molecule has 7 rings (SSSR count). The van der Waals surface area contributed by atoms with Gasteiger partial charge in [0.2, 0.25) is 0 Å². The molecule has 5 saturated carbocycles. The summed E-state index contributed by atoms with van der Waals surface area (Å²) in [5.41, 5.74) is 0.482. The number of aliphatic hydroxyl groups is 4. The van der Waals surface area contributed by atoms with E-state index in [0.717, 1.165) is 38.7 Å². The van der Waals surface area contributed by atoms with Gasteiger partial charge >= 0.3 is 0 Å². The summed E-state index contributed by atoms with van der Waals surface area (Å²) < 4.78 is 18.4. The van der Waals surface area contributed by atoms with Crippen LogP contribution in [0.25, 0.3) is 0 Å². The van der Waals surface area contributed by atoms with Gasteiger partial charge < -0.3 is 34.6 Å². The molecular weight excluding hydrogens is 484 g/mol. The van der Waals surface area contributed by atoms with Gasteiger partial charge in [0.05, 0.1) is 24.9 Å². The molecule has 2 aliphatic heterocycles. The lowest BCUT2D eigenvalue weighted by atomic mass is 9.41. The summed E-state index contributed by atoms with van der Waals surface area (Å²) in [6, 6.07) is 0. The lowest BCUT2D eigenvalue weighted by Gasteiger charge is -2.64. The molecular formula is C31H50O7. The predicted molar refractivity (Wildman–Crippen MR) is 140 cm³/mol. The molecule has 2 heterocycles. The van der Waals surface area contributed by atoms with Crippen molar-refractivity contribution in [1.82, 2.24) is 0 Å². The molecule has 2 saturated heterocycles. The zero-order chi connectivity index (χ0) is 27.0. The summed E-state index contributed by atoms with van der Waals surface area (Å²) in [5, 5.41) is 42.6. The molecule has 7 fully saturated rings. The Bertz CT molecular complexity index is 972. The first-order valence-electron chi connectivity index (χ1n) is 15.5. The van der Waals surface area contributed by atoms with E-state index in [9.17, 15) is 20.4 Å². The highest BCUT2D eigenvalue weighted by molar-refractivity contribution is 5.32. The highest BCUT2D eigenvalue weighted by Crippen LogP contribution is 2.89. The minimum atomic E-state index is -1.25. The third kappa shape index (κ3) is 2.95. The Morgan fingerprint density at radius 1 is 0.789 bits per heavy atom. The normalized spacial score (nSPS) is 62.6. The van der Waals surface area contributed by atoms with E-state index in [1.807, 2.05) is 0 Å². The Balaban J connectivity index is 1.16. The van der Waals surface area contributed by atoms with Crippen molar-refractivity contribution >= 4 is 0 Å². The van der Waals surface area contributed by atoms with Crippen molar-refractivity contribution in [2.75, 3.05) is 13.2 Å². The maximum atomic E-state index is 12.0. The van der Waals surface area contributed by atoms with Crippen LogP contribution in [0.4, 0.5) is 0 Å². The highest BCUT2D eigenvalue weighted by Gasteiger charge is 2.84. The van der Waals surface area contributed by atoms with E-state index in [1.165, 1.54) is 19.3 Å². The fourth-order valence-corrected chi connectivity index (χ4v) is 12.5. The van der Waals surface area contributed by atoms with E-state index in [4.69, 9.17) is 14.2 Å². The monoisotopic (exact) mass is 534 g/mol. The molecule has 0 aromatic rings. The van der Waals surface area contributed by atoms with Gasteiger partial charge in [0.25, 0.3) is 0 Å². The number of hydrogen-bond acceptors (Lipinski definition) is 7. The molecule has 2 spiro atoms. The van der Waals surface area contributed by atoms with E-state index < -0.39 is 30.7 Å². The molecule has 0 radical (unpaired) electrons. The topological polar surface area (TPSA) is 109 Å². The SMILES string of the molecule is C[C@@H]1CCOC2[C@H]1[C@@]1(C)CCC34C[C@@]35CC[C@H](O[C@@H]3OCC(O)[C@H](O)[C@H]3O)C(C)(C)[C@@H]5CCC4[C@]1(C)[C@H]2O. The summed E-state index contributed by atoms with van der Waals surface area (Å²) in [6.07, 6.45) is 4.13. The van der Waals surface area contributed by atoms with Gasteiger partial charge in [-0.25, -0.2) is 0 Å². The molecule has 0 aromatic heterocycles. The Morgan fingerprint density at radius 2 is 1.50 bits per heavy atom. The molecule has 7 aliphatic rings. The first-order chi connectivity index (χ1) is 17.8. The van der Waals surface area contributed by atoms with Crippen LogP contribution in [-0.2, 0) is 14.2 Å². The lowest BCUT2D eigenvalue weighted by Crippen LogP contribution is -2.61. The average molecular weight is 535 g/mol. The Morgan fingerprint density at radius 3 is 2.26 bits per heavy atom. The number of rotatable bonds is 2. The summed E-state index contributed by atoms with van der Waals surface area (Å²) in [5.74, 6) is 2.08. The minimum Gasteiger partial charge on any atom is -0.390 e. The van der Waals surface area contributed by atoms with Gasteiger partial charge in [-0.3, -0.25) is 0 Å². The van der Waals surface area contributed by atoms with E-state index in [2.05, 4.69) is 34.6 Å². The quantitative estimate of drug-likeness (QED) is 0.403. The largest absolute Gasteiger partial charge is 0.390 e. The van der Waals surface area contributed by atoms with Crippen LogP contribution in [0.5, 0.6) is 0 Å². The molecule has 0 aromatic carbocycles. The molecule has 0 bridgehead atoms. The van der Waals surface area contributed by atoms with Crippen LogP contribution in [0.3, 0.4) is 0 Å². The second-order valence-electron chi connectivity index (χ2n) is 15.7. The van der Waals surface area contributed by atoms with E-state index in [-0.39, 0.29) is 35.1 Å². The van der Waals surface area contributed by atoms with Crippen LogP contribution < -0.4 is 0 Å². The second kappa shape index (κ2) is 8.17. The minimum absolute atomic E-state index is 0.0207. The van der Waals surface area contributed by atoms with Gasteiger partial charge in [0.1, 0.15) is 18.3 Å². The fourth-order valence-electron chi connectivity index (χ4n) is 12.5. The lowest BCUT2D eigenvalue weighted by molar-refractivity contribution is -0.303. The summed E-state index contributed by atoms with van der Waals surface area (Å²) in [6.45, 7) is 12.7. The zero-order valence-electron chi connectivity index (χ0n) is 23.9. The maximum Gasteiger partial charge on any atom is 0.186 e. The Labute approximate surface area is 227 Å². The predicted octanol–water partition coefficient (Wildman–Crippen LogP) is 3.26. The Hall–Kier alpha value is -0.280. The molecule has 4 N–H and O–H groups in total. The van der Waals surface area contributed by atoms with E-state index >= 15 is 0 Å². The van der Waals surface area contributed by atoms with Crippen molar-refractivity contribution in [1.29, 1.82) is 0 Å². The third-order valence-corrected chi connectivity index (χ3v) is 14.5. The smallest absolute Gasteiger partial charge is 0.186 e. The first kappa shape index (κ1) is 26.6. The van der Waals surface area contributed by atoms with E-state index in [1.54, 1.807) is 0 Å². The Kier molecular flexibility index (Phi) is 5.72. The molecule has 5 aliphatic carbocycles. The van der Waals surface area contributed by atoms with Crippen LogP contribution >= 0.6 is 0 Å². The van der Waals surface area contributed by atoms with Crippen LogP contribution in [0.1, 0.15) is 86.0 Å². The molecule has 4 unspecified atom stereocenters. The third-order valence-electron chi connectivity index (χ3n) is 14.5. The summed E-state index contributed by atoms with van der Waals surface area (Å²) >= 11 is 0. The number of aliphatic hydroxyl groups excluding tert-OH is 4. The maximum absolute atomic E-state index is 12.0. The summed E-state index contributed by atoms with van der Waals surface area (Å²) in [4.78, 5) is 0. The molecule has 0 amide bonds. The van der Waals surface area contributed by atoms with Gasteiger partial charge in [-0.2, -0.15) is 0 Å². The van der Waals surface area contributed by atoms with Gasteiger partial charge in [0, 0.05) is 12.0 Å². The molecule has 7 heteroatoms. The van der Waals surface area contributed by atoms with Crippen molar-refractivity contribution in [2.24, 2.45) is 50.7 Å². The van der Waals surface area contributed by atoms with Gasteiger partial charge in [-0.15, -0.1) is 0 Å². The molecule has 15 atom stereocenters. The number of ether oxygens (including phenoxy) is 3. The van der Waals surface area contributed by atoms with Crippen LogP contribution in [0, 0.1) is 50.7 Å². The van der Waals surface area contributed by atoms with Crippen molar-refractivity contribution < 1.29 is 34.6 Å². The van der Waals surface area contributed by atoms with Gasteiger partial charge in [-0.1, -0.05) is 34.6 Å². The van der Waals surface area contributed by atoms with Crippen LogP contribution in [0.2, 0.25) is 0 Å². The van der Waals surface area contributed by atoms with Crippen LogP contribution in [0.15, 0.2) is 0 Å². The van der Waals surface area contributed by atoms with Crippen LogP contribution in [-0.4, -0.2) is 76.6 Å². The van der Waals surface area contributed by atoms with Crippen molar-refractivity contribution in [3.8, 4) is 0 Å². The standard InChI is InChI=1S/C31H50O7/c1-16-9-13-36-24-21(16)28(4)11-12-31-15-30(31)10-8-20(38-26-23(34)22(33)17(32)14-37-26)27(2,3)18(30)6-7-19(31)29(28,5)25(24)35/h16-26,32-35H,6-15H2,1-5H3/t16-,17?,18+,19?,20+,21+,22+,23-,24?,25+,26+,28-,29-,30-,31?/m1/s1. The zero-order valence-corrected chi connectivity index (χ0v) is 23.9. The second-order valence-corrected chi connectivity index (χ2v) is 15.7. The number of hydrogen-bond donors (Lipinski definition) is 4. The summed E-state index contributed by atoms with van der Waals surface area (Å²) in [7, 11) is 0. The highest BCUT2D eigenvalue weighted by atomic mass is 16.7. The van der Waals surface area contributed by atoms with Crippen molar-refractivity contribution in [3.63, 3.8) is 0 Å². The number of fused-ring (bicyclic) bond motifs is 4.